The lowest BCUT2D eigenvalue weighted by molar-refractivity contribution is -0.144. The molecule has 0 bridgehead atoms. The highest BCUT2D eigenvalue weighted by Gasteiger charge is 2.26. The third kappa shape index (κ3) is 29.6. The van der Waals surface area contributed by atoms with Gasteiger partial charge in [0.1, 0.15) is 0 Å². The first-order valence-corrected chi connectivity index (χ1v) is 18.1. The molecule has 43 heavy (non-hydrogen) atoms. The zero-order valence-electron chi connectivity index (χ0n) is 27.9. The van der Waals surface area contributed by atoms with Gasteiger partial charge in [-0.15, -0.1) is 6.58 Å². The van der Waals surface area contributed by atoms with Gasteiger partial charge in [-0.25, -0.2) is 4.79 Å². The van der Waals surface area contributed by atoms with Gasteiger partial charge < -0.3 is 10.2 Å². The van der Waals surface area contributed by atoms with Gasteiger partial charge in [-0.05, 0) is 43.4 Å². The molecule has 4 nitrogen and oxygen atoms in total. The molecule has 0 amide bonds. The minimum absolute atomic E-state index is 0.00261. The van der Waals surface area contributed by atoms with Gasteiger partial charge in [-0.2, -0.15) is 0 Å². The Morgan fingerprint density at radius 1 is 0.605 bits per heavy atom. The van der Waals surface area contributed by atoms with Gasteiger partial charge >= 0.3 is 11.9 Å². The van der Waals surface area contributed by atoms with Crippen molar-refractivity contribution in [3.05, 3.63) is 12.7 Å². The number of carbonyl (C=O) groups is 2. The highest BCUT2D eigenvalue weighted by atomic mass is 16.4. The molecule has 2 N–H and O–H groups in total. The smallest absolute Gasteiger partial charge is 0.382 e. The summed E-state index contributed by atoms with van der Waals surface area (Å²) in [6, 6.07) is 0. The Morgan fingerprint density at radius 3 is 1.44 bits per heavy atom. The fraction of sp³-hybridized carbons (Fsp3) is 0.795. The maximum absolute atomic E-state index is 12.2. The molecule has 2 atom stereocenters. The number of aliphatic carboxylic acids is 2. The van der Waals surface area contributed by atoms with E-state index in [1.807, 2.05) is 12.0 Å². The SMILES string of the molecule is C=CCCCCCCCCCCCCCCCC(C(=O)O)C(CC#CC#CC(=O)O)CCCCCCCCCCCCC. The van der Waals surface area contributed by atoms with E-state index in [2.05, 4.69) is 31.3 Å². The predicted molar refractivity (Wildman–Crippen MR) is 183 cm³/mol. The normalized spacial score (nSPS) is 12.0. The Labute approximate surface area is 266 Å². The molecule has 0 saturated heterocycles. The Kier molecular flexibility index (Phi) is 31.0. The molecule has 0 saturated carbocycles. The average Bonchev–Trinajstić information content (AvgIpc) is 2.98. The molecule has 0 heterocycles. The molecule has 2 unspecified atom stereocenters. The van der Waals surface area contributed by atoms with E-state index in [4.69, 9.17) is 5.11 Å². The van der Waals surface area contributed by atoms with Crippen LogP contribution in [0, 0.1) is 35.5 Å². The largest absolute Gasteiger partial charge is 0.481 e. The summed E-state index contributed by atoms with van der Waals surface area (Å²) < 4.78 is 0. The van der Waals surface area contributed by atoms with Gasteiger partial charge in [0, 0.05) is 12.3 Å². The second kappa shape index (κ2) is 32.7. The summed E-state index contributed by atoms with van der Waals surface area (Å²) in [5.41, 5.74) is 0. The molecule has 0 aromatic carbocycles. The zero-order chi connectivity index (χ0) is 31.6. The lowest BCUT2D eigenvalue weighted by atomic mass is 9.82. The summed E-state index contributed by atoms with van der Waals surface area (Å²) in [4.78, 5) is 22.9. The molecule has 0 fully saturated rings. The minimum atomic E-state index is -1.19. The van der Waals surface area contributed by atoms with Gasteiger partial charge in [0.25, 0.3) is 0 Å². The van der Waals surface area contributed by atoms with Crippen molar-refractivity contribution in [2.75, 3.05) is 0 Å². The quantitative estimate of drug-likeness (QED) is 0.0473. The second-order valence-electron chi connectivity index (χ2n) is 12.6. The fourth-order valence-electron chi connectivity index (χ4n) is 5.99. The zero-order valence-corrected chi connectivity index (χ0v) is 27.9. The van der Waals surface area contributed by atoms with E-state index >= 15 is 0 Å². The topological polar surface area (TPSA) is 74.6 Å². The molecule has 0 aromatic rings. The molecule has 0 aliphatic heterocycles. The van der Waals surface area contributed by atoms with Crippen LogP contribution in [-0.4, -0.2) is 22.2 Å². The van der Waals surface area contributed by atoms with Crippen LogP contribution in [0.2, 0.25) is 0 Å². The average molecular weight is 599 g/mol. The molecule has 0 rings (SSSR count). The van der Waals surface area contributed by atoms with E-state index in [1.54, 1.807) is 0 Å². The number of carboxylic acids is 2. The third-order valence-electron chi connectivity index (χ3n) is 8.67. The minimum Gasteiger partial charge on any atom is -0.481 e. The maximum atomic E-state index is 12.2. The lowest BCUT2D eigenvalue weighted by Crippen LogP contribution is -2.23. The number of carboxylic acid groups (broad SMARTS) is 2. The van der Waals surface area contributed by atoms with Gasteiger partial charge in [-0.3, -0.25) is 4.79 Å². The van der Waals surface area contributed by atoms with E-state index in [0.29, 0.717) is 12.8 Å². The summed E-state index contributed by atoms with van der Waals surface area (Å²) in [6.07, 6.45) is 35.7. The summed E-state index contributed by atoms with van der Waals surface area (Å²) in [5.74, 6) is 7.66. The number of unbranched alkanes of at least 4 members (excludes halogenated alkanes) is 23. The summed E-state index contributed by atoms with van der Waals surface area (Å²) >= 11 is 0. The number of hydrogen-bond acceptors (Lipinski definition) is 2. The summed E-state index contributed by atoms with van der Waals surface area (Å²) in [7, 11) is 0. The standard InChI is InChI=1S/C39H66O4/c1-3-5-7-9-11-13-15-16-17-18-20-22-24-26-30-34-37(39(42)43)36(33-29-27-31-35-38(40)41)32-28-25-23-21-19-14-12-10-8-6-4-2/h3,36-37H,1,4-26,28,30,32-34H2,2H3,(H,40,41)(H,42,43). The van der Waals surface area contributed by atoms with Gasteiger partial charge in [0.2, 0.25) is 0 Å². The van der Waals surface area contributed by atoms with E-state index in [-0.39, 0.29) is 11.8 Å². The van der Waals surface area contributed by atoms with Crippen LogP contribution < -0.4 is 0 Å². The van der Waals surface area contributed by atoms with Crippen LogP contribution >= 0.6 is 0 Å². The molecule has 4 heteroatoms. The molecule has 0 aromatic heterocycles. The van der Waals surface area contributed by atoms with Crippen molar-refractivity contribution in [1.82, 2.24) is 0 Å². The van der Waals surface area contributed by atoms with E-state index in [1.165, 1.54) is 128 Å². The Morgan fingerprint density at radius 2 is 1.02 bits per heavy atom. The van der Waals surface area contributed by atoms with Crippen molar-refractivity contribution in [2.45, 2.75) is 187 Å². The fourth-order valence-corrected chi connectivity index (χ4v) is 5.99. The van der Waals surface area contributed by atoms with Crippen LogP contribution in [0.5, 0.6) is 0 Å². The highest BCUT2D eigenvalue weighted by Crippen LogP contribution is 2.28. The van der Waals surface area contributed by atoms with E-state index in [0.717, 1.165) is 38.5 Å². The van der Waals surface area contributed by atoms with Crippen LogP contribution in [-0.2, 0) is 9.59 Å². The highest BCUT2D eigenvalue weighted by molar-refractivity contribution is 5.87. The maximum Gasteiger partial charge on any atom is 0.382 e. The van der Waals surface area contributed by atoms with Crippen LogP contribution in [0.3, 0.4) is 0 Å². The first-order chi connectivity index (χ1) is 21.0. The molecule has 0 aliphatic rings. The van der Waals surface area contributed by atoms with Crippen molar-refractivity contribution in [2.24, 2.45) is 11.8 Å². The van der Waals surface area contributed by atoms with Gasteiger partial charge in [0.05, 0.1) is 5.92 Å². The molecular weight excluding hydrogens is 532 g/mol. The third-order valence-corrected chi connectivity index (χ3v) is 8.67. The van der Waals surface area contributed by atoms with Crippen LogP contribution in [0.15, 0.2) is 12.7 Å². The van der Waals surface area contributed by atoms with Crippen molar-refractivity contribution >= 4 is 11.9 Å². The number of hydrogen-bond donors (Lipinski definition) is 2. The van der Waals surface area contributed by atoms with Crippen molar-refractivity contribution < 1.29 is 19.8 Å². The first-order valence-electron chi connectivity index (χ1n) is 18.1. The summed E-state index contributed by atoms with van der Waals surface area (Å²) in [5, 5.41) is 18.7. The molecule has 246 valence electrons. The molecular formula is C39H66O4. The predicted octanol–water partition coefficient (Wildman–Crippen LogP) is 11.5. The molecule has 0 aliphatic carbocycles. The Bertz CT molecular complexity index is 794. The van der Waals surface area contributed by atoms with Crippen molar-refractivity contribution in [3.63, 3.8) is 0 Å². The second-order valence-corrected chi connectivity index (χ2v) is 12.6. The monoisotopic (exact) mass is 598 g/mol. The van der Waals surface area contributed by atoms with Crippen LogP contribution in [0.4, 0.5) is 0 Å². The number of allylic oxidation sites excluding steroid dienone is 1. The summed E-state index contributed by atoms with van der Waals surface area (Å²) in [6.45, 7) is 6.04. The Hall–Kier alpha value is -2.20. The Balaban J connectivity index is 4.31. The van der Waals surface area contributed by atoms with Gasteiger partial charge in [-0.1, -0.05) is 167 Å². The van der Waals surface area contributed by atoms with Crippen molar-refractivity contribution in [1.29, 1.82) is 0 Å². The van der Waals surface area contributed by atoms with Gasteiger partial charge in [0.15, 0.2) is 0 Å². The molecule has 0 radical (unpaired) electrons. The van der Waals surface area contributed by atoms with Crippen LogP contribution in [0.25, 0.3) is 0 Å². The first kappa shape index (κ1) is 40.8. The van der Waals surface area contributed by atoms with E-state index < -0.39 is 11.9 Å². The van der Waals surface area contributed by atoms with Crippen molar-refractivity contribution in [3.8, 4) is 23.7 Å². The molecule has 0 spiro atoms. The van der Waals surface area contributed by atoms with E-state index in [9.17, 15) is 14.7 Å². The number of rotatable bonds is 31. The van der Waals surface area contributed by atoms with Crippen LogP contribution in [0.1, 0.15) is 187 Å². The lowest BCUT2D eigenvalue weighted by Gasteiger charge is -2.22.